The number of ketones is 1. The van der Waals surface area contributed by atoms with Crippen LogP contribution in [0.3, 0.4) is 0 Å². The number of hydrogen-bond acceptors (Lipinski definition) is 7. The van der Waals surface area contributed by atoms with Crippen LogP contribution in [0, 0.1) is 20.2 Å². The van der Waals surface area contributed by atoms with E-state index >= 15 is 0 Å². The van der Waals surface area contributed by atoms with Gasteiger partial charge < -0.3 is 10.4 Å². The van der Waals surface area contributed by atoms with E-state index < -0.39 is 21.9 Å². The van der Waals surface area contributed by atoms with E-state index in [2.05, 4.69) is 5.32 Å². The minimum absolute atomic E-state index is 0.0949. The first kappa shape index (κ1) is 16.0. The number of nitrogens with zero attached hydrogens (tertiary/aromatic N) is 2. The van der Waals surface area contributed by atoms with Gasteiger partial charge in [0.15, 0.2) is 6.23 Å². The fourth-order valence-corrected chi connectivity index (χ4v) is 1.81. The highest BCUT2D eigenvalue weighted by Crippen LogP contribution is 2.17. The van der Waals surface area contributed by atoms with E-state index in [1.165, 1.54) is 36.4 Å². The van der Waals surface area contributed by atoms with Gasteiger partial charge in [0.2, 0.25) is 5.78 Å². The first-order valence-corrected chi connectivity index (χ1v) is 6.36. The Hall–Kier alpha value is -3.33. The van der Waals surface area contributed by atoms with Crippen LogP contribution in [0.1, 0.15) is 10.4 Å². The number of nitro benzene ring substituents is 2. The van der Waals surface area contributed by atoms with Crippen molar-refractivity contribution in [1.29, 1.82) is 0 Å². The zero-order valence-electron chi connectivity index (χ0n) is 11.6. The SMILES string of the molecule is O=C(c1ccc([N+](=O)[O-])cc1)C(O)Nc1ccc([N+](=O)[O-])cc1. The number of hydrogen-bond donors (Lipinski definition) is 2. The van der Waals surface area contributed by atoms with E-state index in [4.69, 9.17) is 0 Å². The molecule has 0 aliphatic carbocycles. The number of nitrogens with one attached hydrogen (secondary N) is 1. The number of anilines is 1. The largest absolute Gasteiger partial charge is 0.367 e. The van der Waals surface area contributed by atoms with Gasteiger partial charge in [-0.05, 0) is 24.3 Å². The Balaban J connectivity index is 2.07. The van der Waals surface area contributed by atoms with Crippen LogP contribution in [-0.2, 0) is 0 Å². The molecule has 1 atom stereocenters. The van der Waals surface area contributed by atoms with E-state index in [0.29, 0.717) is 5.69 Å². The quantitative estimate of drug-likeness (QED) is 0.360. The van der Waals surface area contributed by atoms with Gasteiger partial charge in [-0.25, -0.2) is 0 Å². The maximum Gasteiger partial charge on any atom is 0.269 e. The number of non-ortho nitro benzene ring substituents is 2. The lowest BCUT2D eigenvalue weighted by atomic mass is 10.1. The van der Waals surface area contributed by atoms with Gasteiger partial charge in [0.1, 0.15) is 0 Å². The minimum atomic E-state index is -1.59. The van der Waals surface area contributed by atoms with Crippen LogP contribution in [0.15, 0.2) is 48.5 Å². The van der Waals surface area contributed by atoms with Crippen LogP contribution in [0.5, 0.6) is 0 Å². The summed E-state index contributed by atoms with van der Waals surface area (Å²) in [6, 6.07) is 9.95. The third kappa shape index (κ3) is 3.86. The average molecular weight is 317 g/mol. The fraction of sp³-hybridized carbons (Fsp3) is 0.0714. The predicted molar refractivity (Wildman–Crippen MR) is 80.2 cm³/mol. The third-order valence-electron chi connectivity index (χ3n) is 2.99. The molecule has 2 N–H and O–H groups in total. The van der Waals surface area contributed by atoms with Gasteiger partial charge in [0.05, 0.1) is 9.85 Å². The maximum absolute atomic E-state index is 12.0. The van der Waals surface area contributed by atoms with Crippen LogP contribution >= 0.6 is 0 Å². The first-order chi connectivity index (χ1) is 10.9. The Bertz CT molecular complexity index is 742. The van der Waals surface area contributed by atoms with Gasteiger partial charge >= 0.3 is 0 Å². The number of benzene rings is 2. The lowest BCUT2D eigenvalue weighted by Crippen LogP contribution is -2.29. The molecule has 2 rings (SSSR count). The normalized spacial score (nSPS) is 11.5. The molecule has 0 heterocycles. The van der Waals surface area contributed by atoms with Crippen molar-refractivity contribution in [3.8, 4) is 0 Å². The number of carbonyl (C=O) groups excluding carboxylic acids is 1. The van der Waals surface area contributed by atoms with Gasteiger partial charge in [-0.1, -0.05) is 0 Å². The zero-order valence-corrected chi connectivity index (χ0v) is 11.6. The summed E-state index contributed by atoms with van der Waals surface area (Å²) in [5, 5.41) is 33.4. The van der Waals surface area contributed by atoms with Crippen molar-refractivity contribution in [2.75, 3.05) is 5.32 Å². The molecule has 0 saturated heterocycles. The first-order valence-electron chi connectivity index (χ1n) is 6.36. The Morgan fingerprint density at radius 3 is 1.78 bits per heavy atom. The van der Waals surface area contributed by atoms with Crippen molar-refractivity contribution in [2.45, 2.75) is 6.23 Å². The molecule has 0 aromatic heterocycles. The molecule has 9 heteroatoms. The van der Waals surface area contributed by atoms with Crippen molar-refractivity contribution in [3.63, 3.8) is 0 Å². The van der Waals surface area contributed by atoms with Gasteiger partial charge in [0, 0.05) is 35.5 Å². The monoisotopic (exact) mass is 317 g/mol. The van der Waals surface area contributed by atoms with Crippen LogP contribution in [0.25, 0.3) is 0 Å². The average Bonchev–Trinajstić information content (AvgIpc) is 2.54. The van der Waals surface area contributed by atoms with Crippen molar-refractivity contribution < 1.29 is 19.7 Å². The molecule has 2 aromatic rings. The summed E-state index contributed by atoms with van der Waals surface area (Å²) in [6.45, 7) is 0. The highest BCUT2D eigenvalue weighted by molar-refractivity contribution is 6.00. The zero-order chi connectivity index (χ0) is 17.0. The van der Waals surface area contributed by atoms with Crippen LogP contribution in [0.4, 0.5) is 17.1 Å². The molecule has 0 radical (unpaired) electrons. The molecular formula is C14H11N3O6. The lowest BCUT2D eigenvalue weighted by Gasteiger charge is -2.13. The summed E-state index contributed by atoms with van der Waals surface area (Å²) in [5.74, 6) is -0.682. The topological polar surface area (TPSA) is 136 Å². The molecule has 2 aromatic carbocycles. The molecule has 9 nitrogen and oxygen atoms in total. The maximum atomic E-state index is 12.0. The second kappa shape index (κ2) is 6.62. The summed E-state index contributed by atoms with van der Waals surface area (Å²) in [6.07, 6.45) is -1.59. The fourth-order valence-electron chi connectivity index (χ4n) is 1.81. The smallest absolute Gasteiger partial charge is 0.269 e. The Kier molecular flexibility index (Phi) is 4.62. The van der Waals surface area contributed by atoms with E-state index in [9.17, 15) is 30.1 Å². The van der Waals surface area contributed by atoms with Crippen molar-refractivity contribution in [3.05, 3.63) is 74.3 Å². The molecule has 0 aliphatic rings. The summed E-state index contributed by atoms with van der Waals surface area (Å²) >= 11 is 0. The molecule has 0 saturated carbocycles. The molecule has 0 spiro atoms. The highest BCUT2D eigenvalue weighted by atomic mass is 16.6. The van der Waals surface area contributed by atoms with E-state index in [-0.39, 0.29) is 16.9 Å². The standard InChI is InChI=1S/C14H11N3O6/c18-13(9-1-5-11(6-2-9)16(20)21)14(19)15-10-3-7-12(8-4-10)17(22)23/h1-8,14-15,19H. The van der Waals surface area contributed by atoms with Crippen LogP contribution in [0.2, 0.25) is 0 Å². The van der Waals surface area contributed by atoms with Gasteiger partial charge in [-0.3, -0.25) is 25.0 Å². The number of rotatable bonds is 6. The highest BCUT2D eigenvalue weighted by Gasteiger charge is 2.18. The van der Waals surface area contributed by atoms with Crippen molar-refractivity contribution in [1.82, 2.24) is 0 Å². The van der Waals surface area contributed by atoms with E-state index in [1.807, 2.05) is 0 Å². The lowest BCUT2D eigenvalue weighted by molar-refractivity contribution is -0.385. The molecular weight excluding hydrogens is 306 g/mol. The predicted octanol–water partition coefficient (Wildman–Crippen LogP) is 2.12. The van der Waals surface area contributed by atoms with Crippen LogP contribution < -0.4 is 5.32 Å². The number of Topliss-reactive ketones (excluding diaryl/α,β-unsaturated/α-hetero) is 1. The number of nitro groups is 2. The molecule has 0 bridgehead atoms. The Labute approximate surface area is 129 Å². The van der Waals surface area contributed by atoms with Crippen molar-refractivity contribution >= 4 is 22.8 Å². The van der Waals surface area contributed by atoms with E-state index in [1.54, 1.807) is 0 Å². The Morgan fingerprint density at radius 2 is 1.35 bits per heavy atom. The summed E-state index contributed by atoms with van der Waals surface area (Å²) < 4.78 is 0. The molecule has 0 amide bonds. The van der Waals surface area contributed by atoms with E-state index in [0.717, 1.165) is 12.1 Å². The van der Waals surface area contributed by atoms with Gasteiger partial charge in [-0.2, -0.15) is 0 Å². The van der Waals surface area contributed by atoms with Crippen molar-refractivity contribution in [2.24, 2.45) is 0 Å². The molecule has 1 unspecified atom stereocenters. The second-order valence-electron chi connectivity index (χ2n) is 4.52. The molecule has 118 valence electrons. The third-order valence-corrected chi connectivity index (χ3v) is 2.99. The summed E-state index contributed by atoms with van der Waals surface area (Å²) in [5.41, 5.74) is 0.127. The minimum Gasteiger partial charge on any atom is -0.367 e. The molecule has 0 aliphatic heterocycles. The summed E-state index contributed by atoms with van der Waals surface area (Å²) in [4.78, 5) is 31.9. The molecule has 0 fully saturated rings. The van der Waals surface area contributed by atoms with Crippen LogP contribution in [-0.4, -0.2) is 27.0 Å². The number of carbonyl (C=O) groups is 1. The number of aliphatic hydroxyl groups is 1. The van der Waals surface area contributed by atoms with Gasteiger partial charge in [-0.15, -0.1) is 0 Å². The summed E-state index contributed by atoms with van der Waals surface area (Å²) in [7, 11) is 0. The van der Waals surface area contributed by atoms with Gasteiger partial charge in [0.25, 0.3) is 11.4 Å². The molecule has 23 heavy (non-hydrogen) atoms. The number of aliphatic hydroxyl groups excluding tert-OH is 1. The second-order valence-corrected chi connectivity index (χ2v) is 4.52. The Morgan fingerprint density at radius 1 is 0.913 bits per heavy atom.